The average molecular weight is 552 g/mol. The first-order valence-electron chi connectivity index (χ1n) is 11.8. The molecule has 0 radical (unpaired) electrons. The highest BCUT2D eigenvalue weighted by Crippen LogP contribution is 2.31. The maximum absolute atomic E-state index is 14.8. The molecule has 12 heteroatoms. The van der Waals surface area contributed by atoms with E-state index in [1.165, 1.54) is 16.2 Å². The van der Waals surface area contributed by atoms with Gasteiger partial charge in [0, 0.05) is 31.2 Å². The minimum absolute atomic E-state index is 0.0197. The number of hydrogen-bond acceptors (Lipinski definition) is 6. The van der Waals surface area contributed by atoms with E-state index in [1.54, 1.807) is 24.7 Å². The first kappa shape index (κ1) is 26.0. The molecule has 0 bridgehead atoms. The molecule has 2 aromatic carbocycles. The van der Waals surface area contributed by atoms with Gasteiger partial charge < -0.3 is 14.6 Å². The fourth-order valence-corrected chi connectivity index (χ4v) is 4.95. The third kappa shape index (κ3) is 4.98. The second-order valence-electron chi connectivity index (χ2n) is 8.95. The fraction of sp³-hybridized carbons (Fsp3) is 0.185. The molecule has 0 atom stereocenters. The van der Waals surface area contributed by atoms with Gasteiger partial charge in [-0.05, 0) is 36.2 Å². The maximum Gasteiger partial charge on any atom is 0.331 e. The Balaban J connectivity index is 1.30. The molecule has 0 aliphatic carbocycles. The Morgan fingerprint density at radius 2 is 1.79 bits per heavy atom. The Morgan fingerprint density at radius 1 is 1.08 bits per heavy atom. The van der Waals surface area contributed by atoms with Crippen molar-refractivity contribution in [1.29, 1.82) is 0 Å². The summed E-state index contributed by atoms with van der Waals surface area (Å²) < 4.78 is 38.7. The van der Waals surface area contributed by atoms with Crippen LogP contribution in [0.25, 0.3) is 22.3 Å². The van der Waals surface area contributed by atoms with E-state index in [4.69, 9.17) is 4.74 Å². The summed E-state index contributed by atoms with van der Waals surface area (Å²) in [6, 6.07) is 11.2. The zero-order valence-electron chi connectivity index (χ0n) is 21.2. The molecule has 1 amide bonds. The lowest BCUT2D eigenvalue weighted by atomic mass is 10.1. The molecule has 3 aromatic heterocycles. The van der Waals surface area contributed by atoms with E-state index in [2.05, 4.69) is 10.3 Å². The molecule has 3 heterocycles. The van der Waals surface area contributed by atoms with Gasteiger partial charge in [0.1, 0.15) is 18.7 Å². The van der Waals surface area contributed by atoms with Gasteiger partial charge in [0.15, 0.2) is 22.5 Å². The van der Waals surface area contributed by atoms with Crippen LogP contribution in [0, 0.1) is 18.6 Å². The summed E-state index contributed by atoms with van der Waals surface area (Å²) in [6.45, 7) is 1.70. The predicted octanol–water partition coefficient (Wildman–Crippen LogP) is 3.97. The first-order chi connectivity index (χ1) is 18.6. The van der Waals surface area contributed by atoms with Gasteiger partial charge >= 0.3 is 5.69 Å². The number of benzene rings is 2. The third-order valence-electron chi connectivity index (χ3n) is 6.38. The Labute approximate surface area is 224 Å². The predicted molar refractivity (Wildman–Crippen MR) is 144 cm³/mol. The van der Waals surface area contributed by atoms with Crippen LogP contribution in [-0.4, -0.2) is 24.6 Å². The molecule has 0 aliphatic rings. The number of nitrogens with one attached hydrogen (secondary N) is 1. The lowest BCUT2D eigenvalue weighted by molar-refractivity contribution is -0.116. The van der Waals surface area contributed by atoms with Gasteiger partial charge in [0.05, 0.1) is 11.2 Å². The number of carbonyl (C=O) groups is 1. The third-order valence-corrected chi connectivity index (χ3v) is 7.13. The van der Waals surface area contributed by atoms with Gasteiger partial charge in [-0.3, -0.25) is 18.7 Å². The van der Waals surface area contributed by atoms with E-state index in [9.17, 15) is 23.2 Å². The van der Waals surface area contributed by atoms with Crippen molar-refractivity contribution in [2.75, 3.05) is 5.32 Å². The highest BCUT2D eigenvalue weighted by molar-refractivity contribution is 7.14. The molecular weight excluding hydrogens is 528 g/mol. The topological polar surface area (TPSA) is 100 Å². The van der Waals surface area contributed by atoms with Gasteiger partial charge in [0.2, 0.25) is 5.91 Å². The molecular formula is C27H23F2N5O4S. The minimum Gasteiger partial charge on any atom is -0.483 e. The lowest BCUT2D eigenvalue weighted by Crippen LogP contribution is -2.37. The van der Waals surface area contributed by atoms with E-state index < -0.39 is 34.5 Å². The summed E-state index contributed by atoms with van der Waals surface area (Å²) in [4.78, 5) is 41.7. The average Bonchev–Trinajstić information content (AvgIpc) is 3.54. The van der Waals surface area contributed by atoms with Crippen LogP contribution in [0.2, 0.25) is 0 Å². The number of halogens is 2. The first-order valence-corrected chi connectivity index (χ1v) is 12.7. The summed E-state index contributed by atoms with van der Waals surface area (Å²) >= 11 is 1.08. The smallest absolute Gasteiger partial charge is 0.331 e. The molecule has 5 aromatic rings. The van der Waals surface area contributed by atoms with Crippen LogP contribution in [-0.2, 0) is 32.0 Å². The minimum atomic E-state index is -0.868. The molecule has 0 fully saturated rings. The maximum atomic E-state index is 14.8. The van der Waals surface area contributed by atoms with Crippen LogP contribution < -0.4 is 21.3 Å². The van der Waals surface area contributed by atoms with Crippen LogP contribution in [0.3, 0.4) is 0 Å². The summed E-state index contributed by atoms with van der Waals surface area (Å²) in [6.07, 6.45) is 1.55. The Hall–Kier alpha value is -4.58. The van der Waals surface area contributed by atoms with E-state index in [0.717, 1.165) is 39.2 Å². The van der Waals surface area contributed by atoms with Crippen LogP contribution in [0.4, 0.5) is 13.9 Å². The SMILES string of the molecule is Cc1ccccc1COc1c(F)cc(-c2csc(NC(=O)Cn3ccc4c3c(=O)n(C)c(=O)n4C)n2)cc1F. The molecule has 9 nitrogen and oxygen atoms in total. The number of fused-ring (bicyclic) bond motifs is 1. The van der Waals surface area contributed by atoms with Crippen molar-refractivity contribution >= 4 is 33.4 Å². The molecule has 200 valence electrons. The van der Waals surface area contributed by atoms with Crippen molar-refractivity contribution in [2.45, 2.75) is 20.1 Å². The quantitative estimate of drug-likeness (QED) is 0.330. The summed E-state index contributed by atoms with van der Waals surface area (Å²) in [5.74, 6) is -2.68. The Kier molecular flexibility index (Phi) is 6.87. The van der Waals surface area contributed by atoms with Crippen LogP contribution in [0.1, 0.15) is 11.1 Å². The monoisotopic (exact) mass is 551 g/mol. The van der Waals surface area contributed by atoms with Gasteiger partial charge in [-0.1, -0.05) is 24.3 Å². The largest absolute Gasteiger partial charge is 0.483 e. The lowest BCUT2D eigenvalue weighted by Gasteiger charge is -2.11. The standard InChI is InChI=1S/C27H23F2N5O4S/c1-15-6-4-5-7-16(15)13-38-24-18(28)10-17(11-19(24)29)20-14-39-26(30-20)31-22(35)12-34-9-8-21-23(34)25(36)33(3)27(37)32(21)2/h4-11,14H,12-13H2,1-3H3,(H,30,31,35). The van der Waals surface area contributed by atoms with E-state index in [1.807, 2.05) is 31.2 Å². The van der Waals surface area contributed by atoms with Crippen LogP contribution in [0.15, 0.2) is 63.6 Å². The number of thiazole rings is 1. The molecule has 0 unspecified atom stereocenters. The highest BCUT2D eigenvalue weighted by Gasteiger charge is 2.18. The zero-order valence-corrected chi connectivity index (χ0v) is 22.0. The summed E-state index contributed by atoms with van der Waals surface area (Å²) in [7, 11) is 2.91. The molecule has 0 saturated heterocycles. The fourth-order valence-electron chi connectivity index (χ4n) is 4.21. The van der Waals surface area contributed by atoms with Gasteiger partial charge in [-0.25, -0.2) is 18.6 Å². The van der Waals surface area contributed by atoms with Crippen molar-refractivity contribution in [3.63, 3.8) is 0 Å². The normalized spacial score (nSPS) is 11.2. The van der Waals surface area contributed by atoms with Crippen LogP contribution in [0.5, 0.6) is 5.75 Å². The molecule has 39 heavy (non-hydrogen) atoms. The zero-order chi connectivity index (χ0) is 27.8. The molecule has 0 aliphatic heterocycles. The van der Waals surface area contributed by atoms with Crippen molar-refractivity contribution in [3.05, 3.63) is 97.6 Å². The second-order valence-corrected chi connectivity index (χ2v) is 9.81. The van der Waals surface area contributed by atoms with Crippen LogP contribution >= 0.6 is 11.3 Å². The second kappa shape index (κ2) is 10.3. The van der Waals surface area contributed by atoms with Gasteiger partial charge in [-0.15, -0.1) is 11.3 Å². The number of rotatable bonds is 7. The summed E-state index contributed by atoms with van der Waals surface area (Å²) in [5.41, 5.74) is 1.86. The van der Waals surface area contributed by atoms with Gasteiger partial charge in [0.25, 0.3) is 5.56 Å². The number of aryl methyl sites for hydroxylation is 2. The highest BCUT2D eigenvalue weighted by atomic mass is 32.1. The van der Waals surface area contributed by atoms with E-state index >= 15 is 0 Å². The number of nitrogens with zero attached hydrogens (tertiary/aromatic N) is 4. The number of ether oxygens (including phenoxy) is 1. The van der Waals surface area contributed by atoms with E-state index in [-0.39, 0.29) is 35.1 Å². The molecule has 1 N–H and O–H groups in total. The number of carbonyl (C=O) groups excluding carboxylic acids is 1. The number of amides is 1. The van der Waals surface area contributed by atoms with Gasteiger partial charge in [-0.2, -0.15) is 0 Å². The molecule has 0 saturated carbocycles. The Morgan fingerprint density at radius 3 is 2.51 bits per heavy atom. The van der Waals surface area contributed by atoms with Crippen molar-refractivity contribution < 1.29 is 18.3 Å². The number of aromatic nitrogens is 4. The van der Waals surface area contributed by atoms with E-state index in [0.29, 0.717) is 5.52 Å². The Bertz CT molecular complexity index is 1830. The van der Waals surface area contributed by atoms with Crippen molar-refractivity contribution in [1.82, 2.24) is 18.7 Å². The molecule has 5 rings (SSSR count). The summed E-state index contributed by atoms with van der Waals surface area (Å²) in [5, 5.41) is 4.42. The van der Waals surface area contributed by atoms with Crippen molar-refractivity contribution in [3.8, 4) is 17.0 Å². The molecule has 0 spiro atoms. The number of anilines is 1. The number of hydrogen-bond donors (Lipinski definition) is 1. The van der Waals surface area contributed by atoms with Crippen molar-refractivity contribution in [2.24, 2.45) is 14.1 Å².